The van der Waals surface area contributed by atoms with Gasteiger partial charge in [0.25, 0.3) is 0 Å². The van der Waals surface area contributed by atoms with Crippen molar-refractivity contribution >= 4 is 5.97 Å². The van der Waals surface area contributed by atoms with Crippen LogP contribution in [0, 0.1) is 0 Å². The zero-order valence-corrected chi connectivity index (χ0v) is 9.43. The van der Waals surface area contributed by atoms with E-state index in [-0.39, 0.29) is 0 Å². The summed E-state index contributed by atoms with van der Waals surface area (Å²) in [4.78, 5) is 13.0. The number of carbonyl (C=O) groups is 1. The summed E-state index contributed by atoms with van der Waals surface area (Å²) in [6.45, 7) is 6.07. The van der Waals surface area contributed by atoms with Crippen LogP contribution in [-0.2, 0) is 9.53 Å². The van der Waals surface area contributed by atoms with Crippen molar-refractivity contribution in [1.29, 1.82) is 0 Å². The first-order chi connectivity index (χ1) is 6.79. The molecule has 5 heteroatoms. The average Bonchev–Trinajstić information content (AvgIpc) is 2.47. The lowest BCUT2D eigenvalue weighted by molar-refractivity contribution is -0.175. The number of carbonyl (C=O) groups excluding carboxylic acids is 1. The SMILES string of the molecule is CC(C)(C)OC(=O)C(O)N1CCC(O)C1. The van der Waals surface area contributed by atoms with Gasteiger partial charge in [0.15, 0.2) is 0 Å². The number of likely N-dealkylation sites (tertiary alicyclic amines) is 1. The molecule has 2 N–H and O–H groups in total. The molecule has 0 aromatic carbocycles. The van der Waals surface area contributed by atoms with E-state index in [4.69, 9.17) is 4.74 Å². The Balaban J connectivity index is 2.46. The molecule has 0 aromatic heterocycles. The summed E-state index contributed by atoms with van der Waals surface area (Å²) in [7, 11) is 0. The minimum Gasteiger partial charge on any atom is -0.457 e. The third kappa shape index (κ3) is 3.77. The van der Waals surface area contributed by atoms with E-state index in [1.165, 1.54) is 4.90 Å². The number of β-amino-alcohol motifs (C(OH)–C–C–N with tert-alkyl or cyclic N) is 1. The van der Waals surface area contributed by atoms with Gasteiger partial charge in [-0.05, 0) is 27.2 Å². The molecule has 88 valence electrons. The molecule has 1 heterocycles. The number of hydrogen-bond acceptors (Lipinski definition) is 5. The second kappa shape index (κ2) is 4.47. The van der Waals surface area contributed by atoms with Gasteiger partial charge in [-0.25, -0.2) is 4.79 Å². The molecule has 0 aromatic rings. The van der Waals surface area contributed by atoms with E-state index in [1.807, 2.05) is 0 Å². The second-order valence-electron chi connectivity index (χ2n) is 4.84. The summed E-state index contributed by atoms with van der Waals surface area (Å²) in [5.41, 5.74) is -0.601. The lowest BCUT2D eigenvalue weighted by Gasteiger charge is -2.25. The third-order valence-corrected chi connectivity index (χ3v) is 2.16. The van der Waals surface area contributed by atoms with Crippen LogP contribution in [0.25, 0.3) is 0 Å². The van der Waals surface area contributed by atoms with Crippen LogP contribution in [0.2, 0.25) is 0 Å². The fourth-order valence-electron chi connectivity index (χ4n) is 1.49. The first kappa shape index (κ1) is 12.4. The molecule has 0 bridgehead atoms. The van der Waals surface area contributed by atoms with Crippen molar-refractivity contribution in [3.63, 3.8) is 0 Å². The largest absolute Gasteiger partial charge is 0.457 e. The number of aliphatic hydroxyl groups excluding tert-OH is 2. The van der Waals surface area contributed by atoms with Gasteiger partial charge < -0.3 is 14.9 Å². The summed E-state index contributed by atoms with van der Waals surface area (Å²) in [6, 6.07) is 0. The van der Waals surface area contributed by atoms with E-state index in [0.717, 1.165) is 0 Å². The first-order valence-electron chi connectivity index (χ1n) is 5.12. The Morgan fingerprint density at radius 1 is 1.53 bits per heavy atom. The van der Waals surface area contributed by atoms with Gasteiger partial charge in [0, 0.05) is 13.1 Å². The minimum atomic E-state index is -1.26. The highest BCUT2D eigenvalue weighted by molar-refractivity contribution is 5.74. The Hall–Kier alpha value is -0.650. The fraction of sp³-hybridized carbons (Fsp3) is 0.900. The molecule has 2 unspecified atom stereocenters. The molecular formula is C10H19NO4. The van der Waals surface area contributed by atoms with Crippen LogP contribution in [0.4, 0.5) is 0 Å². The lowest BCUT2D eigenvalue weighted by atomic mass is 10.2. The van der Waals surface area contributed by atoms with Gasteiger partial charge >= 0.3 is 5.97 Å². The number of ether oxygens (including phenoxy) is 1. The molecule has 0 spiro atoms. The van der Waals surface area contributed by atoms with Gasteiger partial charge in [-0.2, -0.15) is 0 Å². The maximum absolute atomic E-state index is 11.5. The van der Waals surface area contributed by atoms with Crippen molar-refractivity contribution in [3.05, 3.63) is 0 Å². The van der Waals surface area contributed by atoms with Gasteiger partial charge in [0.2, 0.25) is 6.23 Å². The predicted molar refractivity (Wildman–Crippen MR) is 54.0 cm³/mol. The van der Waals surface area contributed by atoms with Gasteiger partial charge in [-0.1, -0.05) is 0 Å². The fourth-order valence-corrected chi connectivity index (χ4v) is 1.49. The van der Waals surface area contributed by atoms with Crippen molar-refractivity contribution in [2.75, 3.05) is 13.1 Å². The number of hydrogen-bond donors (Lipinski definition) is 2. The van der Waals surface area contributed by atoms with Crippen LogP contribution in [0.15, 0.2) is 0 Å². The van der Waals surface area contributed by atoms with Crippen LogP contribution < -0.4 is 0 Å². The minimum absolute atomic E-state index is 0.320. The maximum atomic E-state index is 11.5. The van der Waals surface area contributed by atoms with E-state index in [1.54, 1.807) is 20.8 Å². The molecular weight excluding hydrogens is 198 g/mol. The zero-order valence-electron chi connectivity index (χ0n) is 9.43. The molecule has 0 saturated carbocycles. The number of nitrogens with zero attached hydrogens (tertiary/aromatic N) is 1. The van der Waals surface area contributed by atoms with Crippen molar-refractivity contribution in [2.45, 2.75) is 45.1 Å². The molecule has 2 atom stereocenters. The Kier molecular flexibility index (Phi) is 3.70. The van der Waals surface area contributed by atoms with E-state index < -0.39 is 23.9 Å². The average molecular weight is 217 g/mol. The van der Waals surface area contributed by atoms with E-state index >= 15 is 0 Å². The number of esters is 1. The predicted octanol–water partition coefficient (Wildman–Crippen LogP) is -0.287. The molecule has 0 aliphatic carbocycles. The number of rotatable bonds is 2. The van der Waals surface area contributed by atoms with E-state index in [2.05, 4.69) is 0 Å². The molecule has 0 radical (unpaired) electrons. The Morgan fingerprint density at radius 2 is 2.13 bits per heavy atom. The molecule has 1 aliphatic rings. The molecule has 1 saturated heterocycles. The number of aliphatic hydroxyl groups is 2. The van der Waals surface area contributed by atoms with Crippen molar-refractivity contribution in [2.24, 2.45) is 0 Å². The quantitative estimate of drug-likeness (QED) is 0.622. The maximum Gasteiger partial charge on any atom is 0.351 e. The zero-order chi connectivity index (χ0) is 11.6. The van der Waals surface area contributed by atoms with Gasteiger partial charge in [-0.15, -0.1) is 0 Å². The van der Waals surface area contributed by atoms with Crippen LogP contribution in [0.5, 0.6) is 0 Å². The van der Waals surface area contributed by atoms with E-state index in [9.17, 15) is 15.0 Å². The standard InChI is InChI=1S/C10H19NO4/c1-10(2,3)15-9(14)8(13)11-5-4-7(12)6-11/h7-8,12-13H,4-6H2,1-3H3. The van der Waals surface area contributed by atoms with Crippen molar-refractivity contribution in [3.8, 4) is 0 Å². The van der Waals surface area contributed by atoms with Gasteiger partial charge in [-0.3, -0.25) is 4.90 Å². The molecule has 1 rings (SSSR count). The van der Waals surface area contributed by atoms with Crippen LogP contribution in [0.1, 0.15) is 27.2 Å². The van der Waals surface area contributed by atoms with Crippen LogP contribution in [0.3, 0.4) is 0 Å². The van der Waals surface area contributed by atoms with Crippen LogP contribution >= 0.6 is 0 Å². The summed E-state index contributed by atoms with van der Waals surface area (Å²) in [5, 5.41) is 18.9. The van der Waals surface area contributed by atoms with Gasteiger partial charge in [0.1, 0.15) is 5.60 Å². The van der Waals surface area contributed by atoms with Crippen molar-refractivity contribution in [1.82, 2.24) is 4.90 Å². The lowest BCUT2D eigenvalue weighted by Crippen LogP contribution is -2.43. The van der Waals surface area contributed by atoms with Crippen molar-refractivity contribution < 1.29 is 19.7 Å². The van der Waals surface area contributed by atoms with E-state index in [0.29, 0.717) is 19.5 Å². The summed E-state index contributed by atoms with van der Waals surface area (Å²) < 4.78 is 5.03. The smallest absolute Gasteiger partial charge is 0.351 e. The molecule has 15 heavy (non-hydrogen) atoms. The third-order valence-electron chi connectivity index (χ3n) is 2.16. The summed E-state index contributed by atoms with van der Waals surface area (Å²) in [5.74, 6) is -0.656. The highest BCUT2D eigenvalue weighted by Crippen LogP contribution is 2.15. The Morgan fingerprint density at radius 3 is 2.53 bits per heavy atom. The van der Waals surface area contributed by atoms with Gasteiger partial charge in [0.05, 0.1) is 6.10 Å². The highest BCUT2D eigenvalue weighted by Gasteiger charge is 2.32. The highest BCUT2D eigenvalue weighted by atomic mass is 16.6. The normalized spacial score (nSPS) is 25.3. The molecule has 5 nitrogen and oxygen atoms in total. The monoisotopic (exact) mass is 217 g/mol. The Bertz CT molecular complexity index is 236. The molecule has 1 aliphatic heterocycles. The topological polar surface area (TPSA) is 70.0 Å². The molecule has 1 fully saturated rings. The summed E-state index contributed by atoms with van der Waals surface area (Å²) in [6.07, 6.45) is -1.14. The molecule has 0 amide bonds. The Labute approximate surface area is 89.6 Å². The summed E-state index contributed by atoms with van der Waals surface area (Å²) >= 11 is 0. The second-order valence-corrected chi connectivity index (χ2v) is 4.84. The first-order valence-corrected chi connectivity index (χ1v) is 5.12. The van der Waals surface area contributed by atoms with Crippen LogP contribution in [-0.4, -0.2) is 52.1 Å².